The lowest BCUT2D eigenvalue weighted by Gasteiger charge is -2.21. The molecular formula is C46H37N3. The summed E-state index contributed by atoms with van der Waals surface area (Å²) < 4.78 is 0. The lowest BCUT2D eigenvalue weighted by molar-refractivity contribution is 0.660. The lowest BCUT2D eigenvalue weighted by Crippen LogP contribution is -2.16. The Morgan fingerprint density at radius 1 is 0.551 bits per heavy atom. The van der Waals surface area contributed by atoms with Crippen molar-refractivity contribution >= 4 is 22.4 Å². The van der Waals surface area contributed by atoms with Crippen molar-refractivity contribution in [3.05, 3.63) is 192 Å². The molecule has 0 amide bonds. The molecule has 0 saturated heterocycles. The third kappa shape index (κ3) is 5.54. The van der Waals surface area contributed by atoms with Gasteiger partial charge in [0.2, 0.25) is 0 Å². The van der Waals surface area contributed by atoms with E-state index in [1.807, 2.05) is 48.5 Å². The van der Waals surface area contributed by atoms with E-state index in [4.69, 9.17) is 15.7 Å². The Balaban J connectivity index is 1.28. The van der Waals surface area contributed by atoms with Gasteiger partial charge in [-0.3, -0.25) is 4.99 Å². The summed E-state index contributed by atoms with van der Waals surface area (Å²) in [6, 6.07) is 57.6. The second-order valence-corrected chi connectivity index (χ2v) is 13.2. The third-order valence-corrected chi connectivity index (χ3v) is 9.81. The first-order valence-electron chi connectivity index (χ1n) is 16.8. The van der Waals surface area contributed by atoms with E-state index >= 15 is 0 Å². The molecule has 0 aromatic heterocycles. The SMILES string of the molecule is CC1(C)c2ccccc2-c2c(-c3ccc(-c4c(C(/N=C(\N)c5ccccc5)=N/Cc5ccccc5)ccc5ccccc45)cc3)cccc21. The van der Waals surface area contributed by atoms with Gasteiger partial charge in [0, 0.05) is 22.1 Å². The quantitative estimate of drug-likeness (QED) is 0.144. The highest BCUT2D eigenvalue weighted by Crippen LogP contribution is 2.52. The zero-order chi connectivity index (χ0) is 33.4. The minimum absolute atomic E-state index is 0.0443. The normalized spacial score (nSPS) is 13.7. The summed E-state index contributed by atoms with van der Waals surface area (Å²) in [6.07, 6.45) is 0. The molecule has 7 aromatic carbocycles. The molecule has 0 radical (unpaired) electrons. The average molecular weight is 632 g/mol. The molecule has 0 spiro atoms. The van der Waals surface area contributed by atoms with E-state index in [-0.39, 0.29) is 5.41 Å². The van der Waals surface area contributed by atoms with Gasteiger partial charge in [-0.25, -0.2) is 4.99 Å². The number of rotatable bonds is 6. The second kappa shape index (κ2) is 12.5. The Bertz CT molecular complexity index is 2370. The summed E-state index contributed by atoms with van der Waals surface area (Å²) >= 11 is 0. The lowest BCUT2D eigenvalue weighted by atomic mass is 9.82. The van der Waals surface area contributed by atoms with E-state index in [2.05, 4.69) is 129 Å². The maximum absolute atomic E-state index is 6.65. The number of hydrogen-bond acceptors (Lipinski definition) is 1. The van der Waals surface area contributed by atoms with Crippen molar-refractivity contribution < 1.29 is 0 Å². The molecule has 0 atom stereocenters. The Hall–Kier alpha value is -6.06. The van der Waals surface area contributed by atoms with Crippen LogP contribution in [-0.4, -0.2) is 11.7 Å². The van der Waals surface area contributed by atoms with E-state index in [1.165, 1.54) is 33.4 Å². The molecule has 0 bridgehead atoms. The fourth-order valence-corrected chi connectivity index (χ4v) is 7.30. The monoisotopic (exact) mass is 631 g/mol. The van der Waals surface area contributed by atoms with Crippen molar-refractivity contribution in [3.63, 3.8) is 0 Å². The summed E-state index contributed by atoms with van der Waals surface area (Å²) in [5, 5.41) is 2.30. The smallest absolute Gasteiger partial charge is 0.157 e. The van der Waals surface area contributed by atoms with Gasteiger partial charge in [0.15, 0.2) is 5.84 Å². The number of nitrogens with two attached hydrogens (primary N) is 1. The van der Waals surface area contributed by atoms with Crippen LogP contribution in [0.4, 0.5) is 0 Å². The fourth-order valence-electron chi connectivity index (χ4n) is 7.30. The molecule has 0 heterocycles. The first-order chi connectivity index (χ1) is 24.0. The minimum atomic E-state index is -0.0443. The van der Waals surface area contributed by atoms with Gasteiger partial charge in [0.05, 0.1) is 6.54 Å². The number of nitrogens with zero attached hydrogens (tertiary/aromatic N) is 2. The van der Waals surface area contributed by atoms with Gasteiger partial charge < -0.3 is 5.73 Å². The van der Waals surface area contributed by atoms with Crippen molar-refractivity contribution in [2.24, 2.45) is 15.7 Å². The van der Waals surface area contributed by atoms with E-state index < -0.39 is 0 Å². The van der Waals surface area contributed by atoms with Crippen molar-refractivity contribution in [1.29, 1.82) is 0 Å². The van der Waals surface area contributed by atoms with Crippen molar-refractivity contribution in [3.8, 4) is 33.4 Å². The molecule has 2 N–H and O–H groups in total. The van der Waals surface area contributed by atoms with Crippen LogP contribution in [0.15, 0.2) is 174 Å². The molecule has 3 heteroatoms. The largest absolute Gasteiger partial charge is 0.383 e. The van der Waals surface area contributed by atoms with E-state index in [0.29, 0.717) is 18.2 Å². The molecule has 236 valence electrons. The number of amidine groups is 2. The first kappa shape index (κ1) is 30.3. The van der Waals surface area contributed by atoms with Gasteiger partial charge in [0.25, 0.3) is 0 Å². The van der Waals surface area contributed by atoms with Gasteiger partial charge in [-0.1, -0.05) is 172 Å². The summed E-state index contributed by atoms with van der Waals surface area (Å²) in [5.41, 5.74) is 19.6. The van der Waals surface area contributed by atoms with Crippen molar-refractivity contribution in [2.75, 3.05) is 0 Å². The third-order valence-electron chi connectivity index (χ3n) is 9.81. The van der Waals surface area contributed by atoms with Crippen LogP contribution in [-0.2, 0) is 12.0 Å². The Morgan fingerprint density at radius 3 is 1.98 bits per heavy atom. The van der Waals surface area contributed by atoms with Crippen LogP contribution >= 0.6 is 0 Å². The van der Waals surface area contributed by atoms with Crippen LogP contribution in [0, 0.1) is 0 Å². The van der Waals surface area contributed by atoms with E-state index in [9.17, 15) is 0 Å². The van der Waals surface area contributed by atoms with E-state index in [1.54, 1.807) is 0 Å². The molecule has 0 aliphatic heterocycles. The molecule has 1 aliphatic carbocycles. The Kier molecular flexibility index (Phi) is 7.74. The van der Waals surface area contributed by atoms with Crippen molar-refractivity contribution in [1.82, 2.24) is 0 Å². The summed E-state index contributed by atoms with van der Waals surface area (Å²) in [5.74, 6) is 1.04. The van der Waals surface area contributed by atoms with Gasteiger partial charge in [-0.05, 0) is 61.3 Å². The molecule has 1 aliphatic rings. The van der Waals surface area contributed by atoms with Crippen molar-refractivity contribution in [2.45, 2.75) is 25.8 Å². The number of hydrogen-bond donors (Lipinski definition) is 1. The molecule has 7 aromatic rings. The van der Waals surface area contributed by atoms with Gasteiger partial charge >= 0.3 is 0 Å². The average Bonchev–Trinajstić information content (AvgIpc) is 3.40. The first-order valence-corrected chi connectivity index (χ1v) is 16.8. The highest BCUT2D eigenvalue weighted by molar-refractivity contribution is 6.17. The topological polar surface area (TPSA) is 50.7 Å². The van der Waals surface area contributed by atoms with Gasteiger partial charge in [-0.15, -0.1) is 0 Å². The Labute approximate surface area is 288 Å². The van der Waals surface area contributed by atoms with E-state index in [0.717, 1.165) is 38.6 Å². The predicted molar refractivity (Wildman–Crippen MR) is 206 cm³/mol. The number of aliphatic imine (C=N–C) groups is 2. The fraction of sp³-hybridized carbons (Fsp3) is 0.0870. The van der Waals surface area contributed by atoms with Gasteiger partial charge in [-0.2, -0.15) is 0 Å². The summed E-state index contributed by atoms with van der Waals surface area (Å²) in [6.45, 7) is 5.15. The molecule has 0 saturated carbocycles. The standard InChI is InChI=1S/C46H37N3/c1-46(2)40-22-12-11-20-38(40)43-37(21-13-23-41(43)46)33-24-26-34(27-25-33)42-36-19-10-9-16-32(36)28-29-39(42)45(48-30-31-14-5-3-6-15-31)49-44(47)35-17-7-4-8-18-35/h3-29H,30H2,1-2H3,(H2,47,48,49). The summed E-state index contributed by atoms with van der Waals surface area (Å²) in [7, 11) is 0. The van der Waals surface area contributed by atoms with Crippen LogP contribution in [0.3, 0.4) is 0 Å². The Morgan fingerprint density at radius 2 is 1.18 bits per heavy atom. The molecule has 3 nitrogen and oxygen atoms in total. The zero-order valence-corrected chi connectivity index (χ0v) is 27.8. The molecule has 49 heavy (non-hydrogen) atoms. The molecule has 0 unspecified atom stereocenters. The predicted octanol–water partition coefficient (Wildman–Crippen LogP) is 10.8. The maximum Gasteiger partial charge on any atom is 0.157 e. The van der Waals surface area contributed by atoms with Crippen LogP contribution in [0.1, 0.15) is 41.7 Å². The number of benzene rings is 7. The van der Waals surface area contributed by atoms with Crippen LogP contribution < -0.4 is 5.73 Å². The highest BCUT2D eigenvalue weighted by atomic mass is 15.0. The van der Waals surface area contributed by atoms with Gasteiger partial charge in [0.1, 0.15) is 5.84 Å². The van der Waals surface area contributed by atoms with Crippen LogP contribution in [0.25, 0.3) is 44.2 Å². The minimum Gasteiger partial charge on any atom is -0.383 e. The summed E-state index contributed by atoms with van der Waals surface area (Å²) in [4.78, 5) is 10.1. The highest BCUT2D eigenvalue weighted by Gasteiger charge is 2.36. The molecule has 8 rings (SSSR count). The molecule has 0 fully saturated rings. The maximum atomic E-state index is 6.65. The molecular weight excluding hydrogens is 595 g/mol. The van der Waals surface area contributed by atoms with Crippen LogP contribution in [0.2, 0.25) is 0 Å². The number of fused-ring (bicyclic) bond motifs is 4. The second-order valence-electron chi connectivity index (χ2n) is 13.2. The zero-order valence-electron chi connectivity index (χ0n) is 27.8. The van der Waals surface area contributed by atoms with Crippen LogP contribution in [0.5, 0.6) is 0 Å².